The molecule has 0 aromatic heterocycles. The van der Waals surface area contributed by atoms with Crippen molar-refractivity contribution < 1.29 is 20.8 Å². The summed E-state index contributed by atoms with van der Waals surface area (Å²) in [5, 5.41) is 0. The minimum atomic E-state index is -0.826. The molecule has 0 bridgehead atoms. The fraction of sp³-hybridized carbons (Fsp3) is 0.773. The van der Waals surface area contributed by atoms with Gasteiger partial charge in [0, 0.05) is 0 Å². The number of hydrogen-bond donors (Lipinski definition) is 0. The Morgan fingerprint density at radius 3 is 1.15 bits per heavy atom. The van der Waals surface area contributed by atoms with E-state index >= 15 is 0 Å². The third-order valence-corrected chi connectivity index (χ3v) is 14.8. The van der Waals surface area contributed by atoms with E-state index in [1.165, 1.54) is 38.5 Å². The molecule has 3 heteroatoms. The molecule has 0 aromatic rings. The van der Waals surface area contributed by atoms with Gasteiger partial charge in [-0.3, -0.25) is 0 Å². The molecule has 0 aliphatic heterocycles. The Morgan fingerprint density at radius 1 is 0.574 bits per heavy atom. The summed E-state index contributed by atoms with van der Waals surface area (Å²) in [4.78, 5) is 0. The summed E-state index contributed by atoms with van der Waals surface area (Å²) in [5.74, 6) is 5.68. The van der Waals surface area contributed by atoms with Gasteiger partial charge in [0.15, 0.2) is 0 Å². The standard InChI is InChI=1S/C42H66.2CH3.2ClH.Zr/c1-25-19-26(37(2,3)4)20-31(25)42(13,14)36-29-23-34-32(38(5,6)15-17-40(34,9)10)21-27(29)28-22-33-35(24-30(28)36)41(11,12)18-16-39(33,7)8;;;;;/h21-31,36H,15-20H2,1-14H3;2*1H3;2*1H;/q;2*-1;;;+4/p-2. The number of allylic oxidation sites excluding steroid dienone is 8. The second-order valence-corrected chi connectivity index (χ2v) is 24.4. The second kappa shape index (κ2) is 13.8. The van der Waals surface area contributed by atoms with Crippen LogP contribution < -0.4 is 0 Å². The van der Waals surface area contributed by atoms with Gasteiger partial charge in [-0.25, -0.2) is 0 Å². The van der Waals surface area contributed by atoms with Crippen molar-refractivity contribution in [3.63, 3.8) is 0 Å². The first-order valence-corrected chi connectivity index (χ1v) is 24.7. The predicted molar refractivity (Wildman–Crippen MR) is 207 cm³/mol. The normalized spacial score (nSPS) is 37.2. The molecule has 0 aromatic carbocycles. The van der Waals surface area contributed by atoms with E-state index in [9.17, 15) is 0 Å². The van der Waals surface area contributed by atoms with E-state index in [1.54, 1.807) is 22.3 Å². The van der Waals surface area contributed by atoms with Gasteiger partial charge < -0.3 is 14.9 Å². The first-order chi connectivity index (χ1) is 20.5. The fourth-order valence-corrected chi connectivity index (χ4v) is 11.6. The molecule has 266 valence electrons. The molecule has 0 spiro atoms. The molecule has 4 fully saturated rings. The molecule has 6 rings (SSSR count). The van der Waals surface area contributed by atoms with Crippen molar-refractivity contribution in [2.45, 2.75) is 135 Å². The van der Waals surface area contributed by atoms with Crippen molar-refractivity contribution in [1.82, 2.24) is 0 Å². The molecule has 7 atom stereocenters. The minimum absolute atomic E-state index is 0. The first-order valence-electron chi connectivity index (χ1n) is 18.4. The summed E-state index contributed by atoms with van der Waals surface area (Å²) < 4.78 is 0. The molecule has 47 heavy (non-hydrogen) atoms. The van der Waals surface area contributed by atoms with Gasteiger partial charge in [0.25, 0.3) is 0 Å². The summed E-state index contributed by atoms with van der Waals surface area (Å²) in [6.45, 7) is 35.9. The molecule has 0 radical (unpaired) electrons. The van der Waals surface area contributed by atoms with Gasteiger partial charge >= 0.3 is 37.9 Å². The zero-order valence-electron chi connectivity index (χ0n) is 33.4. The van der Waals surface area contributed by atoms with Crippen LogP contribution >= 0.6 is 17.0 Å². The van der Waals surface area contributed by atoms with Crippen molar-refractivity contribution >= 4 is 17.0 Å². The van der Waals surface area contributed by atoms with Crippen LogP contribution in [0, 0.1) is 94.7 Å². The van der Waals surface area contributed by atoms with Gasteiger partial charge in [-0.15, -0.1) is 0 Å². The number of halogens is 2. The van der Waals surface area contributed by atoms with Crippen LogP contribution in [0.4, 0.5) is 0 Å². The third-order valence-electron chi connectivity index (χ3n) is 14.8. The molecule has 0 N–H and O–H groups in total. The van der Waals surface area contributed by atoms with Crippen LogP contribution in [0.2, 0.25) is 0 Å². The maximum absolute atomic E-state index is 4.93. The molecule has 0 saturated heterocycles. The van der Waals surface area contributed by atoms with E-state index < -0.39 is 20.8 Å². The third kappa shape index (κ3) is 7.25. The molecular formula is C44H72Cl2Zr. The van der Waals surface area contributed by atoms with E-state index in [1.807, 2.05) is 0 Å². The van der Waals surface area contributed by atoms with Crippen molar-refractivity contribution in [3.05, 3.63) is 61.4 Å². The molecule has 6 aliphatic carbocycles. The van der Waals surface area contributed by atoms with E-state index in [0.717, 1.165) is 17.8 Å². The van der Waals surface area contributed by atoms with Gasteiger partial charge in [-0.05, 0) is 141 Å². The summed E-state index contributed by atoms with van der Waals surface area (Å²) in [7, 11) is 9.87. The fourth-order valence-electron chi connectivity index (χ4n) is 11.6. The van der Waals surface area contributed by atoms with E-state index in [-0.39, 0.29) is 36.5 Å². The Kier molecular flexibility index (Phi) is 12.3. The Hall–Kier alpha value is 0.423. The van der Waals surface area contributed by atoms with Crippen molar-refractivity contribution in [2.24, 2.45) is 79.8 Å². The zero-order valence-corrected chi connectivity index (χ0v) is 37.4. The van der Waals surface area contributed by atoms with E-state index in [4.69, 9.17) is 17.0 Å². The molecule has 0 heterocycles. The van der Waals surface area contributed by atoms with Gasteiger partial charge in [-0.1, -0.05) is 121 Å². The number of fused-ring (bicyclic) bond motifs is 5. The average Bonchev–Trinajstić information content (AvgIpc) is 3.47. The number of hydrogen-bond acceptors (Lipinski definition) is 0. The molecule has 0 amide bonds. The molecule has 7 unspecified atom stereocenters. The Bertz CT molecular complexity index is 1200. The molecule has 0 nitrogen and oxygen atoms in total. The molecule has 4 saturated carbocycles. The van der Waals surface area contributed by atoms with Gasteiger partial charge in [-0.2, -0.15) is 0 Å². The van der Waals surface area contributed by atoms with Crippen LogP contribution in [-0.2, 0) is 20.8 Å². The van der Waals surface area contributed by atoms with Crippen LogP contribution in [0.3, 0.4) is 0 Å². The zero-order chi connectivity index (χ0) is 33.7. The van der Waals surface area contributed by atoms with Crippen LogP contribution in [0.5, 0.6) is 0 Å². The maximum atomic E-state index is 4.93. The predicted octanol–water partition coefficient (Wildman–Crippen LogP) is 14.5. The topological polar surface area (TPSA) is 0 Å². The van der Waals surface area contributed by atoms with E-state index in [0.29, 0.717) is 40.4 Å². The SMILES string of the molecule is CC1CC(C(C)(C)C)CC1C(C)(C)C1C2C=C3C(=CC2C2C=C4C(=CC21)C(C)(C)CCC4(C)C)C(C)(C)CCC3(C)C.[CH3-].[CH3-].[Cl][Zr+2][Cl]. The second-order valence-electron chi connectivity index (χ2n) is 20.7. The Morgan fingerprint density at radius 2 is 0.872 bits per heavy atom. The van der Waals surface area contributed by atoms with Crippen LogP contribution in [0.1, 0.15) is 135 Å². The van der Waals surface area contributed by atoms with Crippen LogP contribution in [-0.4, -0.2) is 0 Å². The van der Waals surface area contributed by atoms with Crippen LogP contribution in [0.15, 0.2) is 46.6 Å². The van der Waals surface area contributed by atoms with Crippen molar-refractivity contribution in [2.75, 3.05) is 0 Å². The van der Waals surface area contributed by atoms with Crippen molar-refractivity contribution in [3.8, 4) is 0 Å². The summed E-state index contributed by atoms with van der Waals surface area (Å²) in [6, 6.07) is 0. The van der Waals surface area contributed by atoms with Crippen molar-refractivity contribution in [1.29, 1.82) is 0 Å². The van der Waals surface area contributed by atoms with Gasteiger partial charge in [0.2, 0.25) is 0 Å². The van der Waals surface area contributed by atoms with Crippen LogP contribution in [0.25, 0.3) is 0 Å². The summed E-state index contributed by atoms with van der Waals surface area (Å²) >= 11 is -0.826. The average molecular weight is 763 g/mol. The summed E-state index contributed by atoms with van der Waals surface area (Å²) in [6.07, 6.45) is 19.6. The first kappa shape index (κ1) is 41.8. The van der Waals surface area contributed by atoms with E-state index in [2.05, 4.69) is 121 Å². The van der Waals surface area contributed by atoms with Gasteiger partial charge in [0.1, 0.15) is 0 Å². The monoisotopic (exact) mass is 760 g/mol. The quantitative estimate of drug-likeness (QED) is 0.246. The molecule has 6 aliphatic rings. The summed E-state index contributed by atoms with van der Waals surface area (Å²) in [5.41, 5.74) is 8.66. The van der Waals surface area contributed by atoms with Gasteiger partial charge in [0.05, 0.1) is 0 Å². The Labute approximate surface area is 312 Å². The number of rotatable bonds is 2. The Balaban J connectivity index is 0.00000116. The molecular weight excluding hydrogens is 691 g/mol.